The van der Waals surface area contributed by atoms with Gasteiger partial charge in [0.1, 0.15) is 44.7 Å². The highest BCUT2D eigenvalue weighted by atomic mass is 35.5. The molecule has 2 unspecified atom stereocenters. The number of unbranched alkanes of at least 4 members (excludes halogenated alkanes) is 16. The van der Waals surface area contributed by atoms with E-state index in [2.05, 4.69) is 310 Å². The Kier molecular flexibility index (Phi) is 24.5. The summed E-state index contributed by atoms with van der Waals surface area (Å²) in [6, 6.07) is 104. The number of halogens is 1. The topological polar surface area (TPSA) is 59.0 Å². The first-order valence-corrected chi connectivity index (χ1v) is 45.7. The molecule has 0 aliphatic carbocycles. The summed E-state index contributed by atoms with van der Waals surface area (Å²) in [5.74, 6) is 1.64. The third-order valence-corrected chi connectivity index (χ3v) is 26.1. The van der Waals surface area contributed by atoms with Gasteiger partial charge in [0.15, 0.2) is 0 Å². The maximum Gasteiger partial charge on any atom is 0.137 e. The Balaban J connectivity index is 0.000000165. The molecule has 0 bridgehead atoms. The van der Waals surface area contributed by atoms with Crippen molar-refractivity contribution in [1.29, 1.82) is 0 Å². The number of anilines is 6. The molecule has 19 aromatic rings. The number of furan rings is 4. The van der Waals surface area contributed by atoms with Crippen molar-refractivity contribution in [3.05, 3.63) is 302 Å². The molecule has 4 heterocycles. The highest BCUT2D eigenvalue weighted by Gasteiger charge is 2.26. The van der Waals surface area contributed by atoms with Gasteiger partial charge in [0.2, 0.25) is 0 Å². The number of nitrogens with zero attached hydrogens (tertiary/aromatic N) is 2. The fourth-order valence-electron chi connectivity index (χ4n) is 19.3. The molecule has 0 spiro atoms. The Morgan fingerprint density at radius 2 is 0.558 bits per heavy atom. The van der Waals surface area contributed by atoms with Crippen LogP contribution >= 0.6 is 11.6 Å². The second-order valence-corrected chi connectivity index (χ2v) is 34.2. The maximum atomic E-state index is 6.77. The van der Waals surface area contributed by atoms with E-state index < -0.39 is 0 Å². The van der Waals surface area contributed by atoms with E-state index in [0.29, 0.717) is 17.7 Å². The lowest BCUT2D eigenvalue weighted by atomic mass is 9.87. The van der Waals surface area contributed by atoms with E-state index in [4.69, 9.17) is 29.3 Å². The van der Waals surface area contributed by atoms with Crippen LogP contribution in [0.15, 0.2) is 303 Å². The van der Waals surface area contributed by atoms with Gasteiger partial charge in [0.25, 0.3) is 0 Å². The Labute approximate surface area is 711 Å². The zero-order valence-corrected chi connectivity index (χ0v) is 71.1. The Bertz CT molecular complexity index is 6800. The molecule has 15 aromatic carbocycles. The van der Waals surface area contributed by atoms with E-state index in [-0.39, 0.29) is 0 Å². The maximum absolute atomic E-state index is 6.77. The average molecular weight is 1600 g/mol. The van der Waals surface area contributed by atoms with Crippen LogP contribution in [-0.4, -0.2) is 0 Å². The van der Waals surface area contributed by atoms with E-state index in [0.717, 1.165) is 111 Å². The first-order valence-electron chi connectivity index (χ1n) is 45.2. The molecule has 0 amide bonds. The van der Waals surface area contributed by atoms with E-state index in [1.54, 1.807) is 0 Å². The van der Waals surface area contributed by atoms with Gasteiger partial charge in [0, 0.05) is 107 Å². The minimum absolute atomic E-state index is 0.466. The SMILES string of the molecule is CCCCCCCCC(CCCCCC)c1ccc2oc3cc(N(c4ccc5c(c4)oc4ccc(-c6ccccc6)cc45)c4cc5ccccc5c5ccccc45)ccc3c2c1.CCCCCCCCC(CCCCCC)c1ccc2oc3cc(N(c4ccc5c(c4)oc4ccc(CCl)cc45)c4cc5ccccc5c5ccccc45)ccc3c2c1. The van der Waals surface area contributed by atoms with Gasteiger partial charge in [-0.2, -0.15) is 0 Å². The van der Waals surface area contributed by atoms with Crippen LogP contribution in [0.1, 0.15) is 210 Å². The van der Waals surface area contributed by atoms with Crippen LogP contribution < -0.4 is 9.80 Å². The number of fused-ring (bicyclic) bond motifs is 18. The minimum Gasteiger partial charge on any atom is -0.456 e. The zero-order valence-electron chi connectivity index (χ0n) is 70.4. The van der Waals surface area contributed by atoms with Crippen LogP contribution in [0.25, 0.3) is 142 Å². The summed E-state index contributed by atoms with van der Waals surface area (Å²) in [6.45, 7) is 9.21. The summed E-state index contributed by atoms with van der Waals surface area (Å²) in [5, 5.41) is 18.9. The summed E-state index contributed by atoms with van der Waals surface area (Å²) >= 11 is 6.24. The molecule has 120 heavy (non-hydrogen) atoms. The summed E-state index contributed by atoms with van der Waals surface area (Å²) in [6.07, 6.45) is 31.6. The number of alkyl halides is 1. The van der Waals surface area contributed by atoms with Crippen molar-refractivity contribution in [2.24, 2.45) is 0 Å². The van der Waals surface area contributed by atoms with Crippen molar-refractivity contribution in [1.82, 2.24) is 0 Å². The van der Waals surface area contributed by atoms with E-state index >= 15 is 0 Å². The van der Waals surface area contributed by atoms with Gasteiger partial charge in [-0.05, 0) is 207 Å². The highest BCUT2D eigenvalue weighted by molar-refractivity contribution is 6.19. The Hall–Kier alpha value is -11.6. The van der Waals surface area contributed by atoms with Gasteiger partial charge in [-0.15, -0.1) is 11.6 Å². The summed E-state index contributed by atoms with van der Waals surface area (Å²) in [4.78, 5) is 4.76. The van der Waals surface area contributed by atoms with Crippen LogP contribution in [-0.2, 0) is 5.88 Å². The van der Waals surface area contributed by atoms with Crippen LogP contribution in [0, 0.1) is 0 Å². The van der Waals surface area contributed by atoms with Crippen molar-refractivity contribution >= 4 is 177 Å². The van der Waals surface area contributed by atoms with E-state index in [1.807, 2.05) is 12.1 Å². The van der Waals surface area contributed by atoms with Crippen molar-refractivity contribution in [3.63, 3.8) is 0 Å². The van der Waals surface area contributed by atoms with Gasteiger partial charge in [0.05, 0.1) is 11.4 Å². The molecule has 604 valence electrons. The quantitative estimate of drug-likeness (QED) is 0.0228. The largest absolute Gasteiger partial charge is 0.456 e. The number of benzene rings is 15. The first-order chi connectivity index (χ1) is 59.3. The van der Waals surface area contributed by atoms with E-state index in [1.165, 1.54) is 236 Å². The molecule has 2 atom stereocenters. The standard InChI is InChI=1S/C59H57NO2.C54H54ClNO2/c1-3-5-7-9-10-13-21-41(20-12-8-6-4-2)43-28-34-56-53(36-43)51-32-30-46(39-58(51)61-56)60(55-38-45-24-16-17-25-48(45)49-26-18-19-27-50(49)55)47-31-33-52-54-37-44(42-22-14-11-15-23-42)29-35-57(54)62-59(52)40-47;1-3-5-7-9-10-12-18-38(17-11-8-6-4-2)39-24-30-52-49(32-39)47-28-26-42(35-54(47)58-52)56(50-33-40-19-13-14-20-43(40)44-21-15-16-22-45(44)50)41-25-27-46-48-31-37(36-55)23-29-51(48)57-53(46)34-41/h11,14-19,22-41H,3-10,12-13,20-21H2,1-2H3;13-16,19-35,38H,3-12,17-18,36H2,1-2H3. The Morgan fingerprint density at radius 3 is 0.958 bits per heavy atom. The molecule has 6 nitrogen and oxygen atoms in total. The fourth-order valence-corrected chi connectivity index (χ4v) is 19.5. The average Bonchev–Trinajstić information content (AvgIpc) is 1.27. The second-order valence-electron chi connectivity index (χ2n) is 33.9. The van der Waals surface area contributed by atoms with Crippen molar-refractivity contribution in [3.8, 4) is 11.1 Å². The monoisotopic (exact) mass is 1590 g/mol. The van der Waals surface area contributed by atoms with Gasteiger partial charge >= 0.3 is 0 Å². The van der Waals surface area contributed by atoms with Crippen LogP contribution in [0.4, 0.5) is 34.1 Å². The molecule has 0 saturated heterocycles. The predicted molar refractivity (Wildman–Crippen MR) is 515 cm³/mol. The first kappa shape index (κ1) is 79.5. The molecule has 0 radical (unpaired) electrons. The van der Waals surface area contributed by atoms with Crippen molar-refractivity contribution in [2.45, 2.75) is 200 Å². The van der Waals surface area contributed by atoms with Crippen LogP contribution in [0.3, 0.4) is 0 Å². The van der Waals surface area contributed by atoms with Gasteiger partial charge in [-0.3, -0.25) is 0 Å². The molecule has 4 aromatic heterocycles. The molecule has 7 heteroatoms. The van der Waals surface area contributed by atoms with Crippen LogP contribution in [0.2, 0.25) is 0 Å². The van der Waals surface area contributed by atoms with Crippen molar-refractivity contribution < 1.29 is 17.7 Å². The predicted octanol–water partition coefficient (Wildman–Crippen LogP) is 36.5. The molecule has 0 saturated carbocycles. The molecular formula is C113H111ClN2O4. The lowest BCUT2D eigenvalue weighted by Crippen LogP contribution is -2.10. The molecule has 19 rings (SSSR count). The van der Waals surface area contributed by atoms with Crippen molar-refractivity contribution in [2.75, 3.05) is 9.80 Å². The summed E-state index contributed by atoms with van der Waals surface area (Å²) in [5.41, 5.74) is 19.9. The smallest absolute Gasteiger partial charge is 0.137 e. The number of hydrogen-bond acceptors (Lipinski definition) is 6. The highest BCUT2D eigenvalue weighted by Crippen LogP contribution is 2.49. The van der Waals surface area contributed by atoms with Gasteiger partial charge < -0.3 is 27.5 Å². The van der Waals surface area contributed by atoms with Gasteiger partial charge in [-0.1, -0.05) is 308 Å². The lowest BCUT2D eigenvalue weighted by molar-refractivity contribution is 0.491. The lowest BCUT2D eigenvalue weighted by Gasteiger charge is -2.27. The molecule has 0 aliphatic heterocycles. The second kappa shape index (κ2) is 37.0. The number of rotatable bonds is 34. The molecular weight excluding hydrogens is 1480 g/mol. The molecule has 0 fully saturated rings. The molecule has 0 N–H and O–H groups in total. The zero-order chi connectivity index (χ0) is 81.3. The van der Waals surface area contributed by atoms with Crippen LogP contribution in [0.5, 0.6) is 0 Å². The fraction of sp³-hybridized carbons (Fsp3) is 0.274. The van der Waals surface area contributed by atoms with Gasteiger partial charge in [-0.25, -0.2) is 0 Å². The Morgan fingerprint density at radius 1 is 0.233 bits per heavy atom. The normalized spacial score (nSPS) is 12.5. The third kappa shape index (κ3) is 16.7. The summed E-state index contributed by atoms with van der Waals surface area (Å²) < 4.78 is 26.7. The molecule has 0 aliphatic rings. The summed E-state index contributed by atoms with van der Waals surface area (Å²) in [7, 11) is 0. The number of hydrogen-bond donors (Lipinski definition) is 0. The third-order valence-electron chi connectivity index (χ3n) is 25.8. The van der Waals surface area contributed by atoms with E-state index in [9.17, 15) is 0 Å². The minimum atomic E-state index is 0.466.